The SMILES string of the molecule is CC(C)c1cc(C(Br)(Br)[N+](=O)[O-])on1. The van der Waals surface area contributed by atoms with Crippen LogP contribution < -0.4 is 0 Å². The van der Waals surface area contributed by atoms with Gasteiger partial charge in [0.1, 0.15) is 0 Å². The molecule has 14 heavy (non-hydrogen) atoms. The van der Waals surface area contributed by atoms with Crippen molar-refractivity contribution in [3.05, 3.63) is 27.6 Å². The molecule has 0 saturated carbocycles. The van der Waals surface area contributed by atoms with Crippen molar-refractivity contribution in [3.8, 4) is 0 Å². The number of hydrogen-bond acceptors (Lipinski definition) is 4. The fourth-order valence-corrected chi connectivity index (χ4v) is 1.17. The quantitative estimate of drug-likeness (QED) is 0.370. The summed E-state index contributed by atoms with van der Waals surface area (Å²) in [6.07, 6.45) is 0. The highest BCUT2D eigenvalue weighted by molar-refractivity contribution is 9.24. The molecule has 1 aromatic rings. The summed E-state index contributed by atoms with van der Waals surface area (Å²) in [5, 5.41) is 14.3. The van der Waals surface area contributed by atoms with Crippen LogP contribution in [0, 0.1) is 10.1 Å². The Balaban J connectivity index is 3.03. The van der Waals surface area contributed by atoms with Crippen molar-refractivity contribution in [1.82, 2.24) is 5.16 Å². The number of aromatic nitrogens is 1. The summed E-state index contributed by atoms with van der Waals surface area (Å²) >= 11 is 5.80. The van der Waals surface area contributed by atoms with Crippen LogP contribution in [0.15, 0.2) is 10.6 Å². The second-order valence-electron chi connectivity index (χ2n) is 3.07. The van der Waals surface area contributed by atoms with E-state index in [-0.39, 0.29) is 11.7 Å². The lowest BCUT2D eigenvalue weighted by Crippen LogP contribution is -2.19. The molecule has 5 nitrogen and oxygen atoms in total. The van der Waals surface area contributed by atoms with Gasteiger partial charge in [0, 0.05) is 37.9 Å². The predicted octanol–water partition coefficient (Wildman–Crippen LogP) is 2.97. The average Bonchev–Trinajstić information content (AvgIpc) is 2.51. The van der Waals surface area contributed by atoms with Crippen LogP contribution in [0.3, 0.4) is 0 Å². The minimum atomic E-state index is -1.58. The van der Waals surface area contributed by atoms with E-state index in [0.29, 0.717) is 5.69 Å². The number of hydrogen-bond donors (Lipinski definition) is 0. The Labute approximate surface area is 97.2 Å². The summed E-state index contributed by atoms with van der Waals surface area (Å²) in [7, 11) is 0. The molecule has 1 aromatic heterocycles. The zero-order chi connectivity index (χ0) is 10.9. The number of halogens is 2. The molecular weight excluding hydrogens is 320 g/mol. The van der Waals surface area contributed by atoms with Gasteiger partial charge < -0.3 is 4.52 Å². The minimum Gasteiger partial charge on any atom is -0.351 e. The molecule has 78 valence electrons. The van der Waals surface area contributed by atoms with Crippen LogP contribution in [0.2, 0.25) is 0 Å². The Morgan fingerprint density at radius 3 is 2.57 bits per heavy atom. The van der Waals surface area contributed by atoms with Gasteiger partial charge in [-0.25, -0.2) is 0 Å². The Morgan fingerprint density at radius 2 is 2.21 bits per heavy atom. The van der Waals surface area contributed by atoms with Gasteiger partial charge in [-0.1, -0.05) is 19.0 Å². The Morgan fingerprint density at radius 1 is 1.64 bits per heavy atom. The van der Waals surface area contributed by atoms with E-state index in [1.807, 2.05) is 13.8 Å². The van der Waals surface area contributed by atoms with Gasteiger partial charge in [0.2, 0.25) is 5.76 Å². The number of rotatable bonds is 3. The summed E-state index contributed by atoms with van der Waals surface area (Å²) in [5.41, 5.74) is 0.685. The fraction of sp³-hybridized carbons (Fsp3) is 0.571. The lowest BCUT2D eigenvalue weighted by Gasteiger charge is -2.05. The van der Waals surface area contributed by atoms with Gasteiger partial charge >= 0.3 is 3.36 Å². The van der Waals surface area contributed by atoms with Crippen molar-refractivity contribution in [2.75, 3.05) is 0 Å². The van der Waals surface area contributed by atoms with Crippen LogP contribution in [0.5, 0.6) is 0 Å². The van der Waals surface area contributed by atoms with Crippen molar-refractivity contribution in [2.24, 2.45) is 0 Å². The molecule has 0 unspecified atom stereocenters. The Bertz CT molecular complexity index is 348. The first-order valence-electron chi connectivity index (χ1n) is 3.85. The van der Waals surface area contributed by atoms with Gasteiger partial charge in [-0.05, 0) is 5.92 Å². The maximum atomic E-state index is 10.6. The highest BCUT2D eigenvalue weighted by atomic mass is 79.9. The highest BCUT2D eigenvalue weighted by Gasteiger charge is 2.43. The first-order valence-corrected chi connectivity index (χ1v) is 5.43. The molecule has 1 rings (SSSR count). The molecule has 0 saturated heterocycles. The number of nitrogens with zero attached hydrogens (tertiary/aromatic N) is 2. The third-order valence-electron chi connectivity index (χ3n) is 1.65. The minimum absolute atomic E-state index is 0.131. The van der Waals surface area contributed by atoms with Crippen molar-refractivity contribution in [3.63, 3.8) is 0 Å². The van der Waals surface area contributed by atoms with Crippen molar-refractivity contribution in [2.45, 2.75) is 23.1 Å². The van der Waals surface area contributed by atoms with E-state index >= 15 is 0 Å². The molecule has 0 aliphatic rings. The largest absolute Gasteiger partial charge is 0.386 e. The summed E-state index contributed by atoms with van der Waals surface area (Å²) in [6, 6.07) is 1.55. The van der Waals surface area contributed by atoms with Crippen molar-refractivity contribution >= 4 is 31.9 Å². The Kier molecular flexibility index (Phi) is 3.31. The lowest BCUT2D eigenvalue weighted by atomic mass is 10.1. The van der Waals surface area contributed by atoms with Gasteiger partial charge in [0.05, 0.1) is 10.6 Å². The third kappa shape index (κ3) is 2.14. The number of nitro groups is 1. The van der Waals surface area contributed by atoms with E-state index in [4.69, 9.17) is 4.52 Å². The van der Waals surface area contributed by atoms with Gasteiger partial charge in [-0.2, -0.15) is 0 Å². The lowest BCUT2D eigenvalue weighted by molar-refractivity contribution is -0.513. The maximum Gasteiger partial charge on any atom is 0.386 e. The number of alkyl halides is 2. The monoisotopic (exact) mass is 326 g/mol. The molecule has 1 heterocycles. The fourth-order valence-electron chi connectivity index (χ4n) is 0.793. The third-order valence-corrected chi connectivity index (χ3v) is 3.01. The molecule has 0 aliphatic carbocycles. The van der Waals surface area contributed by atoms with Gasteiger partial charge in [-0.15, -0.1) is 0 Å². The van der Waals surface area contributed by atoms with Crippen LogP contribution in [-0.4, -0.2) is 10.1 Å². The highest BCUT2D eigenvalue weighted by Crippen LogP contribution is 2.39. The van der Waals surface area contributed by atoms with Gasteiger partial charge in [0.25, 0.3) is 0 Å². The van der Waals surface area contributed by atoms with Crippen LogP contribution >= 0.6 is 31.9 Å². The Hall–Kier alpha value is -0.430. The standard InChI is InChI=1S/C7H8Br2N2O3/c1-4(2)5-3-6(14-10-5)7(8,9)11(12)13/h3-4H,1-2H3. The van der Waals surface area contributed by atoms with Crippen LogP contribution in [-0.2, 0) is 3.36 Å². The molecule has 0 fully saturated rings. The molecule has 0 N–H and O–H groups in total. The maximum absolute atomic E-state index is 10.6. The predicted molar refractivity (Wildman–Crippen MR) is 57.1 cm³/mol. The van der Waals surface area contributed by atoms with E-state index in [0.717, 1.165) is 0 Å². The zero-order valence-corrected chi connectivity index (χ0v) is 10.7. The molecule has 0 aromatic carbocycles. The van der Waals surface area contributed by atoms with Crippen LogP contribution in [0.25, 0.3) is 0 Å². The summed E-state index contributed by atoms with van der Waals surface area (Å²) in [4.78, 5) is 10.1. The van der Waals surface area contributed by atoms with E-state index < -0.39 is 8.28 Å². The summed E-state index contributed by atoms with van der Waals surface area (Å²) < 4.78 is 3.28. The van der Waals surface area contributed by atoms with Crippen molar-refractivity contribution < 1.29 is 9.45 Å². The molecule has 0 amide bonds. The normalized spacial score (nSPS) is 12.1. The molecule has 0 radical (unpaired) electrons. The van der Waals surface area contributed by atoms with E-state index in [1.165, 1.54) is 0 Å². The van der Waals surface area contributed by atoms with Crippen LogP contribution in [0.4, 0.5) is 0 Å². The van der Waals surface area contributed by atoms with Crippen LogP contribution in [0.1, 0.15) is 31.2 Å². The molecule has 0 aliphatic heterocycles. The van der Waals surface area contributed by atoms with E-state index in [9.17, 15) is 10.1 Å². The molecule has 7 heteroatoms. The topological polar surface area (TPSA) is 69.2 Å². The van der Waals surface area contributed by atoms with E-state index in [2.05, 4.69) is 37.0 Å². The van der Waals surface area contributed by atoms with Gasteiger partial charge in [0.15, 0.2) is 0 Å². The molecule has 0 bridgehead atoms. The molecule has 0 atom stereocenters. The van der Waals surface area contributed by atoms with E-state index in [1.54, 1.807) is 6.07 Å². The first-order chi connectivity index (χ1) is 6.35. The average molecular weight is 328 g/mol. The zero-order valence-electron chi connectivity index (χ0n) is 7.53. The first kappa shape index (κ1) is 11.6. The molecular formula is C7H8Br2N2O3. The molecule has 0 spiro atoms. The summed E-state index contributed by atoms with van der Waals surface area (Å²) in [6.45, 7) is 3.86. The smallest absolute Gasteiger partial charge is 0.351 e. The van der Waals surface area contributed by atoms with Crippen molar-refractivity contribution in [1.29, 1.82) is 0 Å². The second-order valence-corrected chi connectivity index (χ2v) is 6.43. The second kappa shape index (κ2) is 3.98. The van der Waals surface area contributed by atoms with Gasteiger partial charge in [-0.3, -0.25) is 10.1 Å². The summed E-state index contributed by atoms with van der Waals surface area (Å²) in [5.74, 6) is 0.307.